The van der Waals surface area contributed by atoms with Gasteiger partial charge >= 0.3 is 5.97 Å². The Balaban J connectivity index is 2.66. The Kier molecular flexibility index (Phi) is 3.12. The molecule has 0 aliphatic heterocycles. The van der Waals surface area contributed by atoms with Crippen LogP contribution in [0.5, 0.6) is 0 Å². The molecule has 94 valence electrons. The first-order valence-electron chi connectivity index (χ1n) is 4.45. The van der Waals surface area contributed by atoms with Gasteiger partial charge in [-0.05, 0) is 22.0 Å². The lowest BCUT2D eigenvalue weighted by Crippen LogP contribution is -1.96. The lowest BCUT2D eigenvalue weighted by Gasteiger charge is -2.03. The van der Waals surface area contributed by atoms with E-state index in [4.69, 9.17) is 5.11 Å². The van der Waals surface area contributed by atoms with Gasteiger partial charge in [0.25, 0.3) is 0 Å². The van der Waals surface area contributed by atoms with Gasteiger partial charge < -0.3 is 9.63 Å². The zero-order chi connectivity index (χ0) is 13.4. The highest BCUT2D eigenvalue weighted by Gasteiger charge is 2.23. The van der Waals surface area contributed by atoms with Crippen LogP contribution in [0.2, 0.25) is 0 Å². The van der Waals surface area contributed by atoms with Crippen LogP contribution in [0, 0.1) is 17.5 Å². The summed E-state index contributed by atoms with van der Waals surface area (Å²) < 4.78 is 44.3. The first kappa shape index (κ1) is 12.6. The fourth-order valence-corrected chi connectivity index (χ4v) is 1.69. The number of carboxylic acids is 1. The number of carboxylic acid groups (broad SMARTS) is 1. The number of hydrogen-bond acceptors (Lipinski definition) is 3. The zero-order valence-corrected chi connectivity index (χ0v) is 9.96. The van der Waals surface area contributed by atoms with E-state index in [-0.39, 0.29) is 4.47 Å². The molecule has 0 saturated carbocycles. The van der Waals surface area contributed by atoms with E-state index >= 15 is 0 Å². The van der Waals surface area contributed by atoms with Gasteiger partial charge in [-0.1, -0.05) is 5.16 Å². The number of hydrogen-bond donors (Lipinski definition) is 1. The SMILES string of the molecule is O=C(O)c1cc(-c2c(F)c(F)cc(Br)c2F)no1. The summed E-state index contributed by atoms with van der Waals surface area (Å²) in [7, 11) is 0. The minimum absolute atomic E-state index is 0.309. The molecule has 0 bridgehead atoms. The molecule has 8 heteroatoms. The molecule has 0 atom stereocenters. The van der Waals surface area contributed by atoms with E-state index in [1.165, 1.54) is 0 Å². The smallest absolute Gasteiger partial charge is 0.374 e. The van der Waals surface area contributed by atoms with Crippen molar-refractivity contribution in [2.24, 2.45) is 0 Å². The van der Waals surface area contributed by atoms with E-state index in [2.05, 4.69) is 25.6 Å². The quantitative estimate of drug-likeness (QED) is 0.863. The molecule has 18 heavy (non-hydrogen) atoms. The standard InChI is InChI=1S/C10H3BrF3NO3/c11-3-1-4(12)9(14)7(8(3)13)5-2-6(10(16)17)18-15-5/h1-2H,(H,16,17). The number of aromatic carboxylic acids is 1. The Bertz CT molecular complexity index is 615. The molecular weight excluding hydrogens is 319 g/mol. The number of carbonyl (C=O) groups is 1. The van der Waals surface area contributed by atoms with E-state index < -0.39 is 40.4 Å². The molecule has 0 aliphatic rings. The van der Waals surface area contributed by atoms with Gasteiger partial charge in [0.1, 0.15) is 11.5 Å². The molecular formula is C10H3BrF3NO3. The fraction of sp³-hybridized carbons (Fsp3) is 0. The normalized spacial score (nSPS) is 10.7. The lowest BCUT2D eigenvalue weighted by molar-refractivity contribution is 0.0652. The van der Waals surface area contributed by atoms with Crippen molar-refractivity contribution < 1.29 is 27.6 Å². The van der Waals surface area contributed by atoms with Crippen LogP contribution in [0.15, 0.2) is 21.1 Å². The van der Waals surface area contributed by atoms with Gasteiger partial charge in [0.15, 0.2) is 11.6 Å². The van der Waals surface area contributed by atoms with Gasteiger partial charge in [-0.3, -0.25) is 0 Å². The Morgan fingerprint density at radius 3 is 2.50 bits per heavy atom. The predicted molar refractivity (Wildman–Crippen MR) is 56.5 cm³/mol. The second-order valence-corrected chi connectivity index (χ2v) is 4.08. The minimum Gasteiger partial charge on any atom is -0.475 e. The highest BCUT2D eigenvalue weighted by atomic mass is 79.9. The largest absolute Gasteiger partial charge is 0.475 e. The van der Waals surface area contributed by atoms with Crippen LogP contribution < -0.4 is 0 Å². The molecule has 1 heterocycles. The molecule has 2 aromatic rings. The fourth-order valence-electron chi connectivity index (χ4n) is 1.29. The summed E-state index contributed by atoms with van der Waals surface area (Å²) >= 11 is 2.71. The molecule has 0 fully saturated rings. The maximum absolute atomic E-state index is 13.7. The minimum atomic E-state index is -1.47. The number of aromatic nitrogens is 1. The molecule has 0 aliphatic carbocycles. The maximum atomic E-state index is 13.7. The predicted octanol–water partition coefficient (Wildman–Crippen LogP) is 3.22. The second-order valence-electron chi connectivity index (χ2n) is 3.22. The van der Waals surface area contributed by atoms with Gasteiger partial charge in [0.2, 0.25) is 5.76 Å². The average molecular weight is 322 g/mol. The molecule has 0 saturated heterocycles. The van der Waals surface area contributed by atoms with E-state index in [0.29, 0.717) is 6.07 Å². The highest BCUT2D eigenvalue weighted by molar-refractivity contribution is 9.10. The molecule has 1 aromatic heterocycles. The van der Waals surface area contributed by atoms with Crippen molar-refractivity contribution in [3.05, 3.63) is 39.8 Å². The summed E-state index contributed by atoms with van der Waals surface area (Å²) in [4.78, 5) is 10.5. The van der Waals surface area contributed by atoms with Crippen molar-refractivity contribution in [2.75, 3.05) is 0 Å². The maximum Gasteiger partial charge on any atom is 0.374 e. The Morgan fingerprint density at radius 2 is 1.94 bits per heavy atom. The number of rotatable bonds is 2. The summed E-state index contributed by atoms with van der Waals surface area (Å²) in [6, 6.07) is 1.42. The molecule has 1 aromatic carbocycles. The van der Waals surface area contributed by atoms with E-state index in [9.17, 15) is 18.0 Å². The molecule has 4 nitrogen and oxygen atoms in total. The molecule has 2 rings (SSSR count). The first-order chi connectivity index (χ1) is 8.41. The van der Waals surface area contributed by atoms with Crippen molar-refractivity contribution in [3.63, 3.8) is 0 Å². The summed E-state index contributed by atoms with van der Waals surface area (Å²) in [5, 5.41) is 11.8. The van der Waals surface area contributed by atoms with Gasteiger partial charge in [0.05, 0.1) is 10.0 Å². The van der Waals surface area contributed by atoms with E-state index in [1.54, 1.807) is 0 Å². The van der Waals surface area contributed by atoms with Crippen molar-refractivity contribution >= 4 is 21.9 Å². The molecule has 0 unspecified atom stereocenters. The van der Waals surface area contributed by atoms with Crippen LogP contribution in [0.1, 0.15) is 10.6 Å². The van der Waals surface area contributed by atoms with E-state index in [1.807, 2.05) is 0 Å². The van der Waals surface area contributed by atoms with Crippen molar-refractivity contribution in [3.8, 4) is 11.3 Å². The Morgan fingerprint density at radius 1 is 1.28 bits per heavy atom. The number of nitrogens with zero attached hydrogens (tertiary/aromatic N) is 1. The molecule has 0 amide bonds. The van der Waals surface area contributed by atoms with Crippen LogP contribution in [0.4, 0.5) is 13.2 Å². The van der Waals surface area contributed by atoms with Gasteiger partial charge in [-0.2, -0.15) is 0 Å². The zero-order valence-electron chi connectivity index (χ0n) is 8.38. The summed E-state index contributed by atoms with van der Waals surface area (Å²) in [6.45, 7) is 0. The second kappa shape index (κ2) is 4.45. The number of halogens is 4. The van der Waals surface area contributed by atoms with Gasteiger partial charge in [-0.15, -0.1) is 0 Å². The molecule has 0 spiro atoms. The highest BCUT2D eigenvalue weighted by Crippen LogP contribution is 2.32. The average Bonchev–Trinajstić information content (AvgIpc) is 2.76. The lowest BCUT2D eigenvalue weighted by atomic mass is 10.1. The summed E-state index contributed by atoms with van der Waals surface area (Å²) in [6.07, 6.45) is 0. The third-order valence-corrected chi connectivity index (χ3v) is 2.67. The van der Waals surface area contributed by atoms with Gasteiger partial charge in [-0.25, -0.2) is 18.0 Å². The van der Waals surface area contributed by atoms with Crippen molar-refractivity contribution in [2.45, 2.75) is 0 Å². The topological polar surface area (TPSA) is 63.3 Å². The molecule has 1 N–H and O–H groups in total. The van der Waals surface area contributed by atoms with Crippen LogP contribution in [-0.4, -0.2) is 16.2 Å². The van der Waals surface area contributed by atoms with Gasteiger partial charge in [0, 0.05) is 6.07 Å². The Hall–Kier alpha value is -1.83. The summed E-state index contributed by atoms with van der Waals surface area (Å²) in [5.41, 5.74) is -1.24. The van der Waals surface area contributed by atoms with Crippen molar-refractivity contribution in [1.82, 2.24) is 5.16 Å². The van der Waals surface area contributed by atoms with Crippen LogP contribution in [0.25, 0.3) is 11.3 Å². The molecule has 0 radical (unpaired) electrons. The van der Waals surface area contributed by atoms with Crippen LogP contribution in [0.3, 0.4) is 0 Å². The third kappa shape index (κ3) is 1.99. The van der Waals surface area contributed by atoms with E-state index in [0.717, 1.165) is 6.07 Å². The monoisotopic (exact) mass is 321 g/mol. The number of benzene rings is 1. The van der Waals surface area contributed by atoms with Crippen LogP contribution in [-0.2, 0) is 0 Å². The van der Waals surface area contributed by atoms with Crippen LogP contribution >= 0.6 is 15.9 Å². The van der Waals surface area contributed by atoms with Crippen molar-refractivity contribution in [1.29, 1.82) is 0 Å². The Labute approximate surface area is 106 Å². The first-order valence-corrected chi connectivity index (χ1v) is 5.24. The third-order valence-electron chi connectivity index (χ3n) is 2.09. The summed E-state index contributed by atoms with van der Waals surface area (Å²) in [5.74, 6) is -5.92.